The molecule has 0 aromatic heterocycles. The Hall–Kier alpha value is -1.69. The summed E-state index contributed by atoms with van der Waals surface area (Å²) in [5.41, 5.74) is 0. The van der Waals surface area contributed by atoms with Crippen molar-refractivity contribution in [2.45, 2.75) is 4.90 Å². The lowest BCUT2D eigenvalue weighted by Crippen LogP contribution is -2.09. The summed E-state index contributed by atoms with van der Waals surface area (Å²) in [4.78, 5) is 21.3. The maximum atomic E-state index is 10.3. The van der Waals surface area contributed by atoms with E-state index >= 15 is 0 Å². The number of benzene rings is 1. The Morgan fingerprint density at radius 1 is 1.12 bits per heavy atom. The lowest BCUT2D eigenvalue weighted by Gasteiger charge is -2.03. The number of ether oxygens (including phenoxy) is 1. The molecule has 0 atom stereocenters. The molecule has 0 aliphatic heterocycles. The van der Waals surface area contributed by atoms with Crippen LogP contribution in [0.5, 0.6) is 5.75 Å². The van der Waals surface area contributed by atoms with Crippen LogP contribution in [0.15, 0.2) is 29.2 Å². The minimum atomic E-state index is -1.04. The number of hydrogen-bond donors (Lipinski definition) is 2. The SMILES string of the molecule is O=C(O)COc1ccc(SCC(=O)O)cc1. The summed E-state index contributed by atoms with van der Waals surface area (Å²) in [5.74, 6) is -1.47. The lowest BCUT2D eigenvalue weighted by molar-refractivity contribution is -0.139. The molecule has 16 heavy (non-hydrogen) atoms. The van der Waals surface area contributed by atoms with Gasteiger partial charge in [-0.15, -0.1) is 11.8 Å². The quantitative estimate of drug-likeness (QED) is 0.732. The van der Waals surface area contributed by atoms with Crippen molar-refractivity contribution in [3.05, 3.63) is 24.3 Å². The molecule has 0 aliphatic rings. The van der Waals surface area contributed by atoms with Crippen LogP contribution in [0.2, 0.25) is 0 Å². The van der Waals surface area contributed by atoms with E-state index in [2.05, 4.69) is 0 Å². The standard InChI is InChI=1S/C10H10O5S/c11-9(12)5-15-7-1-3-8(4-2-7)16-6-10(13)14/h1-4H,5-6H2,(H,11,12)(H,13,14). The van der Waals surface area contributed by atoms with Gasteiger partial charge in [-0.1, -0.05) is 0 Å². The van der Waals surface area contributed by atoms with Crippen LogP contribution in [0.4, 0.5) is 0 Å². The largest absolute Gasteiger partial charge is 0.482 e. The Bertz CT molecular complexity index is 336. The molecule has 86 valence electrons. The highest BCUT2D eigenvalue weighted by atomic mass is 32.2. The van der Waals surface area contributed by atoms with Crippen LogP contribution in [0.1, 0.15) is 0 Å². The number of carbonyl (C=O) groups is 2. The van der Waals surface area contributed by atoms with E-state index in [-0.39, 0.29) is 12.4 Å². The average Bonchev–Trinajstić information content (AvgIpc) is 2.25. The summed E-state index contributed by atoms with van der Waals surface area (Å²) in [6.45, 7) is -0.387. The summed E-state index contributed by atoms with van der Waals surface area (Å²) < 4.78 is 4.92. The molecule has 0 saturated carbocycles. The molecular weight excluding hydrogens is 232 g/mol. The highest BCUT2D eigenvalue weighted by Crippen LogP contribution is 2.21. The Balaban J connectivity index is 2.47. The highest BCUT2D eigenvalue weighted by molar-refractivity contribution is 8.00. The molecule has 0 heterocycles. The van der Waals surface area contributed by atoms with Gasteiger partial charge in [-0.3, -0.25) is 4.79 Å². The Morgan fingerprint density at radius 2 is 1.75 bits per heavy atom. The number of carboxylic acids is 2. The molecule has 0 amide bonds. The van der Waals surface area contributed by atoms with E-state index in [1.807, 2.05) is 0 Å². The van der Waals surface area contributed by atoms with Crippen molar-refractivity contribution in [3.63, 3.8) is 0 Å². The molecule has 0 unspecified atom stereocenters. The lowest BCUT2D eigenvalue weighted by atomic mass is 10.3. The van der Waals surface area contributed by atoms with Gasteiger partial charge in [0, 0.05) is 4.90 Å². The van der Waals surface area contributed by atoms with Gasteiger partial charge in [-0.2, -0.15) is 0 Å². The fourth-order valence-electron chi connectivity index (χ4n) is 0.922. The van der Waals surface area contributed by atoms with Crippen LogP contribution >= 0.6 is 11.8 Å². The molecule has 0 bridgehead atoms. The molecule has 0 spiro atoms. The van der Waals surface area contributed by atoms with Gasteiger partial charge in [0.15, 0.2) is 6.61 Å². The highest BCUT2D eigenvalue weighted by Gasteiger charge is 2.01. The van der Waals surface area contributed by atoms with E-state index in [0.29, 0.717) is 5.75 Å². The normalized spacial score (nSPS) is 9.75. The first kappa shape index (κ1) is 12.4. The fourth-order valence-corrected chi connectivity index (χ4v) is 1.54. The minimum absolute atomic E-state index is 0.00463. The summed E-state index contributed by atoms with van der Waals surface area (Å²) in [5, 5.41) is 16.8. The zero-order valence-electron chi connectivity index (χ0n) is 8.25. The van der Waals surface area contributed by atoms with Crippen molar-refractivity contribution in [3.8, 4) is 5.75 Å². The zero-order chi connectivity index (χ0) is 12.0. The summed E-state index contributed by atoms with van der Waals surface area (Å²) >= 11 is 1.19. The van der Waals surface area contributed by atoms with Crippen molar-refractivity contribution in [1.82, 2.24) is 0 Å². The third-order valence-corrected chi connectivity index (χ3v) is 2.55. The number of hydrogen-bond acceptors (Lipinski definition) is 4. The second-order valence-electron chi connectivity index (χ2n) is 2.84. The molecule has 1 rings (SSSR count). The van der Waals surface area contributed by atoms with E-state index in [4.69, 9.17) is 14.9 Å². The van der Waals surface area contributed by atoms with Crippen molar-refractivity contribution in [1.29, 1.82) is 0 Å². The molecule has 0 saturated heterocycles. The maximum Gasteiger partial charge on any atom is 0.341 e. The van der Waals surface area contributed by atoms with Crippen LogP contribution in [0.25, 0.3) is 0 Å². The third-order valence-electron chi connectivity index (χ3n) is 1.55. The smallest absolute Gasteiger partial charge is 0.341 e. The Labute approximate surface area is 96.0 Å². The van der Waals surface area contributed by atoms with E-state index in [1.165, 1.54) is 11.8 Å². The fraction of sp³-hybridized carbons (Fsp3) is 0.200. The second kappa shape index (κ2) is 6.02. The first-order valence-electron chi connectivity index (χ1n) is 4.37. The van der Waals surface area contributed by atoms with Gasteiger partial charge < -0.3 is 14.9 Å². The van der Waals surface area contributed by atoms with Gasteiger partial charge in [0.05, 0.1) is 5.75 Å². The molecule has 1 aromatic rings. The van der Waals surface area contributed by atoms with Crippen LogP contribution in [-0.2, 0) is 9.59 Å². The molecule has 5 nitrogen and oxygen atoms in total. The van der Waals surface area contributed by atoms with Crippen molar-refractivity contribution < 1.29 is 24.5 Å². The number of aliphatic carboxylic acids is 2. The third kappa shape index (κ3) is 4.70. The van der Waals surface area contributed by atoms with Gasteiger partial charge in [0.25, 0.3) is 0 Å². The minimum Gasteiger partial charge on any atom is -0.482 e. The Kier molecular flexibility index (Phi) is 4.65. The Morgan fingerprint density at radius 3 is 2.25 bits per heavy atom. The molecule has 0 aliphatic carbocycles. The van der Waals surface area contributed by atoms with Gasteiger partial charge in [0.2, 0.25) is 0 Å². The van der Waals surface area contributed by atoms with Gasteiger partial charge in [-0.05, 0) is 24.3 Å². The predicted octanol–water partition coefficient (Wildman–Crippen LogP) is 1.33. The van der Waals surface area contributed by atoms with Crippen LogP contribution in [0.3, 0.4) is 0 Å². The van der Waals surface area contributed by atoms with E-state index in [9.17, 15) is 9.59 Å². The summed E-state index contributed by atoms with van der Waals surface area (Å²) in [7, 11) is 0. The van der Waals surface area contributed by atoms with Gasteiger partial charge in [-0.25, -0.2) is 4.79 Å². The summed E-state index contributed by atoms with van der Waals surface area (Å²) in [6, 6.07) is 6.58. The van der Waals surface area contributed by atoms with Gasteiger partial charge >= 0.3 is 11.9 Å². The topological polar surface area (TPSA) is 83.8 Å². The molecule has 6 heteroatoms. The summed E-state index contributed by atoms with van der Waals surface area (Å²) in [6.07, 6.45) is 0. The zero-order valence-corrected chi connectivity index (χ0v) is 9.07. The molecule has 0 radical (unpaired) electrons. The molecule has 0 fully saturated rings. The predicted molar refractivity (Wildman–Crippen MR) is 57.9 cm³/mol. The average molecular weight is 242 g/mol. The van der Waals surface area contributed by atoms with Crippen LogP contribution < -0.4 is 4.74 Å². The van der Waals surface area contributed by atoms with Crippen molar-refractivity contribution in [2.75, 3.05) is 12.4 Å². The second-order valence-corrected chi connectivity index (χ2v) is 3.88. The van der Waals surface area contributed by atoms with Crippen LogP contribution in [0, 0.1) is 0 Å². The van der Waals surface area contributed by atoms with Crippen LogP contribution in [-0.4, -0.2) is 34.5 Å². The monoisotopic (exact) mass is 242 g/mol. The number of thioether (sulfide) groups is 1. The van der Waals surface area contributed by atoms with Gasteiger partial charge in [0.1, 0.15) is 5.75 Å². The molecule has 1 aromatic carbocycles. The van der Waals surface area contributed by atoms with Crippen molar-refractivity contribution >= 4 is 23.7 Å². The molecule has 2 N–H and O–H groups in total. The van der Waals surface area contributed by atoms with Crippen molar-refractivity contribution in [2.24, 2.45) is 0 Å². The van der Waals surface area contributed by atoms with E-state index in [0.717, 1.165) is 4.90 Å². The first-order valence-corrected chi connectivity index (χ1v) is 5.36. The number of rotatable bonds is 6. The van der Waals surface area contributed by atoms with E-state index < -0.39 is 11.9 Å². The molecular formula is C10H10O5S. The first-order chi connectivity index (χ1) is 7.58. The maximum absolute atomic E-state index is 10.3. The van der Waals surface area contributed by atoms with E-state index in [1.54, 1.807) is 24.3 Å². The number of carboxylic acid groups (broad SMARTS) is 2.